The lowest BCUT2D eigenvalue weighted by atomic mass is 10.0. The third-order valence-corrected chi connectivity index (χ3v) is 2.04. The van der Waals surface area contributed by atoms with Crippen LogP contribution in [0.3, 0.4) is 0 Å². The molecular weight excluding hydrogens is 184 g/mol. The summed E-state index contributed by atoms with van der Waals surface area (Å²) in [5.74, 6) is 6.65. The van der Waals surface area contributed by atoms with Crippen molar-refractivity contribution in [2.45, 2.75) is 26.7 Å². The topological polar surface area (TPSA) is 20.2 Å². The van der Waals surface area contributed by atoms with Crippen molar-refractivity contribution in [3.8, 4) is 11.8 Å². The highest BCUT2D eigenvalue weighted by atomic mass is 16.2. The van der Waals surface area contributed by atoms with Crippen molar-refractivity contribution in [1.82, 2.24) is 0 Å². The molecular formula is C14H18O. The molecule has 0 unspecified atom stereocenters. The van der Waals surface area contributed by atoms with Gasteiger partial charge in [-0.3, -0.25) is 0 Å². The van der Waals surface area contributed by atoms with Crippen LogP contribution in [0.15, 0.2) is 24.3 Å². The van der Waals surface area contributed by atoms with E-state index in [-0.39, 0.29) is 6.61 Å². The Hall–Kier alpha value is -1.26. The first kappa shape index (κ1) is 11.8. The molecule has 1 nitrogen and oxygen atoms in total. The molecule has 0 aliphatic rings. The molecule has 0 aliphatic carbocycles. The average molecular weight is 202 g/mol. The molecule has 1 heteroatoms. The summed E-state index contributed by atoms with van der Waals surface area (Å²) in [5, 5.41) is 8.62. The minimum absolute atomic E-state index is 0.138. The minimum Gasteiger partial charge on any atom is -0.395 e. The number of benzene rings is 1. The van der Waals surface area contributed by atoms with Crippen LogP contribution in [0.1, 0.15) is 31.4 Å². The normalized spacial score (nSPS) is 9.87. The van der Waals surface area contributed by atoms with Crippen LogP contribution in [0, 0.1) is 17.8 Å². The highest BCUT2D eigenvalue weighted by Crippen LogP contribution is 2.09. The molecule has 1 aromatic carbocycles. The van der Waals surface area contributed by atoms with Gasteiger partial charge >= 0.3 is 0 Å². The third-order valence-electron chi connectivity index (χ3n) is 2.04. The van der Waals surface area contributed by atoms with E-state index in [9.17, 15) is 0 Å². The molecule has 0 amide bonds. The summed E-state index contributed by atoms with van der Waals surface area (Å²) >= 11 is 0. The van der Waals surface area contributed by atoms with E-state index >= 15 is 0 Å². The average Bonchev–Trinajstić information content (AvgIpc) is 2.18. The molecule has 0 saturated heterocycles. The number of hydrogen-bond acceptors (Lipinski definition) is 1. The summed E-state index contributed by atoms with van der Waals surface area (Å²) in [6.45, 7) is 4.56. The maximum atomic E-state index is 8.62. The maximum absolute atomic E-state index is 8.62. The van der Waals surface area contributed by atoms with E-state index in [0.29, 0.717) is 12.3 Å². The van der Waals surface area contributed by atoms with Gasteiger partial charge in [-0.15, -0.1) is 0 Å². The molecule has 1 N–H and O–H groups in total. The van der Waals surface area contributed by atoms with E-state index in [1.165, 1.54) is 5.56 Å². The zero-order valence-electron chi connectivity index (χ0n) is 9.46. The monoisotopic (exact) mass is 202 g/mol. The summed E-state index contributed by atoms with van der Waals surface area (Å²) in [5.41, 5.74) is 2.38. The lowest BCUT2D eigenvalue weighted by Gasteiger charge is -2.04. The Morgan fingerprint density at radius 3 is 2.80 bits per heavy atom. The van der Waals surface area contributed by atoms with Crippen molar-refractivity contribution in [3.63, 3.8) is 0 Å². The third kappa shape index (κ3) is 4.67. The SMILES string of the molecule is CC(C)Cc1cccc(C#CCCO)c1. The van der Waals surface area contributed by atoms with E-state index in [4.69, 9.17) is 5.11 Å². The van der Waals surface area contributed by atoms with Crippen LogP contribution in [0.4, 0.5) is 0 Å². The highest BCUT2D eigenvalue weighted by molar-refractivity contribution is 5.37. The number of rotatable bonds is 3. The minimum atomic E-state index is 0.138. The van der Waals surface area contributed by atoms with Crippen molar-refractivity contribution >= 4 is 0 Å². The van der Waals surface area contributed by atoms with E-state index < -0.39 is 0 Å². The molecule has 0 radical (unpaired) electrons. The highest BCUT2D eigenvalue weighted by Gasteiger charge is 1.97. The molecule has 80 valence electrons. The Balaban J connectivity index is 2.71. The van der Waals surface area contributed by atoms with Crippen molar-refractivity contribution in [1.29, 1.82) is 0 Å². The second-order valence-electron chi connectivity index (χ2n) is 4.07. The second-order valence-corrected chi connectivity index (χ2v) is 4.07. The zero-order chi connectivity index (χ0) is 11.1. The van der Waals surface area contributed by atoms with Crippen molar-refractivity contribution in [2.75, 3.05) is 6.61 Å². The summed E-state index contributed by atoms with van der Waals surface area (Å²) in [6.07, 6.45) is 1.64. The molecule has 0 aliphatic heterocycles. The van der Waals surface area contributed by atoms with E-state index in [1.54, 1.807) is 0 Å². The van der Waals surface area contributed by atoms with E-state index in [0.717, 1.165) is 12.0 Å². The van der Waals surface area contributed by atoms with E-state index in [1.807, 2.05) is 12.1 Å². The Morgan fingerprint density at radius 2 is 2.13 bits per heavy atom. The van der Waals surface area contributed by atoms with Crippen LogP contribution in [0.25, 0.3) is 0 Å². The number of aliphatic hydroxyl groups excluding tert-OH is 1. The van der Waals surface area contributed by atoms with Crippen molar-refractivity contribution < 1.29 is 5.11 Å². The fourth-order valence-electron chi connectivity index (χ4n) is 1.47. The van der Waals surface area contributed by atoms with Gasteiger partial charge in [-0.1, -0.05) is 37.8 Å². The molecule has 0 fully saturated rings. The predicted octanol–water partition coefficient (Wildman–Crippen LogP) is 2.62. The first-order valence-corrected chi connectivity index (χ1v) is 5.41. The van der Waals surface area contributed by atoms with Gasteiger partial charge in [-0.2, -0.15) is 0 Å². The lowest BCUT2D eigenvalue weighted by molar-refractivity contribution is 0.305. The van der Waals surface area contributed by atoms with E-state index in [2.05, 4.69) is 37.8 Å². The van der Waals surface area contributed by atoms with Gasteiger partial charge in [-0.05, 0) is 30.0 Å². The van der Waals surface area contributed by atoms with Gasteiger partial charge in [-0.25, -0.2) is 0 Å². The van der Waals surface area contributed by atoms with Gasteiger partial charge in [0.05, 0.1) is 6.61 Å². The van der Waals surface area contributed by atoms with Crippen LogP contribution in [0.2, 0.25) is 0 Å². The van der Waals surface area contributed by atoms with Gasteiger partial charge in [0.15, 0.2) is 0 Å². The quantitative estimate of drug-likeness (QED) is 0.747. The van der Waals surface area contributed by atoms with Crippen LogP contribution in [-0.2, 0) is 6.42 Å². The zero-order valence-corrected chi connectivity index (χ0v) is 9.46. The van der Waals surface area contributed by atoms with Crippen LogP contribution >= 0.6 is 0 Å². The molecule has 0 saturated carbocycles. The van der Waals surface area contributed by atoms with Crippen LogP contribution < -0.4 is 0 Å². The molecule has 1 rings (SSSR count). The smallest absolute Gasteiger partial charge is 0.0540 e. The molecule has 0 heterocycles. The molecule has 0 bridgehead atoms. The second kappa shape index (κ2) is 6.27. The predicted molar refractivity (Wildman–Crippen MR) is 63.6 cm³/mol. The molecule has 0 aromatic heterocycles. The fraction of sp³-hybridized carbons (Fsp3) is 0.429. The Labute approximate surface area is 92.1 Å². The molecule has 0 spiro atoms. The summed E-state index contributed by atoms with van der Waals surface area (Å²) in [7, 11) is 0. The Kier molecular flexibility index (Phi) is 4.93. The molecule has 0 atom stereocenters. The first-order valence-electron chi connectivity index (χ1n) is 5.41. The van der Waals surface area contributed by atoms with Crippen LogP contribution in [-0.4, -0.2) is 11.7 Å². The van der Waals surface area contributed by atoms with Gasteiger partial charge in [0.1, 0.15) is 0 Å². The Bertz CT molecular complexity index is 355. The van der Waals surface area contributed by atoms with Crippen molar-refractivity contribution in [2.24, 2.45) is 5.92 Å². The van der Waals surface area contributed by atoms with Crippen LogP contribution in [0.5, 0.6) is 0 Å². The molecule has 15 heavy (non-hydrogen) atoms. The lowest BCUT2D eigenvalue weighted by Crippen LogP contribution is -1.93. The summed E-state index contributed by atoms with van der Waals surface area (Å²) < 4.78 is 0. The maximum Gasteiger partial charge on any atom is 0.0540 e. The van der Waals surface area contributed by atoms with Gasteiger partial charge in [0.25, 0.3) is 0 Å². The Morgan fingerprint density at radius 1 is 1.33 bits per heavy atom. The van der Waals surface area contributed by atoms with Gasteiger partial charge in [0.2, 0.25) is 0 Å². The summed E-state index contributed by atoms with van der Waals surface area (Å²) in [6, 6.07) is 8.32. The first-order chi connectivity index (χ1) is 7.22. The summed E-state index contributed by atoms with van der Waals surface area (Å²) in [4.78, 5) is 0. The fourth-order valence-corrected chi connectivity index (χ4v) is 1.47. The standard InChI is InChI=1S/C14H18O/c1-12(2)10-14-8-5-7-13(11-14)6-3-4-9-15/h5,7-8,11-12,15H,4,9-10H2,1-2H3. The number of aliphatic hydroxyl groups is 1. The van der Waals surface area contributed by atoms with Gasteiger partial charge < -0.3 is 5.11 Å². The molecule has 1 aromatic rings. The largest absolute Gasteiger partial charge is 0.395 e. The number of hydrogen-bond donors (Lipinski definition) is 1. The van der Waals surface area contributed by atoms with Gasteiger partial charge in [0, 0.05) is 12.0 Å². The van der Waals surface area contributed by atoms with Crippen molar-refractivity contribution in [3.05, 3.63) is 35.4 Å².